The van der Waals surface area contributed by atoms with Crippen LogP contribution in [0.5, 0.6) is 0 Å². The summed E-state index contributed by atoms with van der Waals surface area (Å²) in [6.45, 7) is 5.23. The Morgan fingerprint density at radius 1 is 1.26 bits per heavy atom. The smallest absolute Gasteiger partial charge is 0.225 e. The molecular weight excluding hydrogens is 356 g/mol. The second-order valence-electron chi connectivity index (χ2n) is 8.02. The highest BCUT2D eigenvalue weighted by molar-refractivity contribution is 7.13. The molecule has 0 spiro atoms. The van der Waals surface area contributed by atoms with Crippen molar-refractivity contribution >= 4 is 23.2 Å². The predicted molar refractivity (Wildman–Crippen MR) is 110 cm³/mol. The number of nitrogens with two attached hydrogens (primary N) is 1. The zero-order chi connectivity index (χ0) is 19.4. The lowest BCUT2D eigenvalue weighted by molar-refractivity contribution is -0.140. The van der Waals surface area contributed by atoms with Gasteiger partial charge in [0.25, 0.3) is 0 Å². The summed E-state index contributed by atoms with van der Waals surface area (Å²) in [5.74, 6) is 0.138. The minimum atomic E-state index is -0.682. The molecule has 0 bridgehead atoms. The minimum absolute atomic E-state index is 0.127. The van der Waals surface area contributed by atoms with Crippen LogP contribution < -0.4 is 5.73 Å². The average Bonchev–Trinajstić information content (AvgIpc) is 3.16. The second kappa shape index (κ2) is 8.26. The summed E-state index contributed by atoms with van der Waals surface area (Å²) in [6, 6.07) is 12.5. The van der Waals surface area contributed by atoms with E-state index in [0.717, 1.165) is 30.5 Å². The molecule has 0 saturated carbocycles. The van der Waals surface area contributed by atoms with E-state index in [-0.39, 0.29) is 11.8 Å². The van der Waals surface area contributed by atoms with Gasteiger partial charge in [-0.2, -0.15) is 0 Å². The predicted octanol–water partition coefficient (Wildman–Crippen LogP) is 4.10. The largest absolute Gasteiger partial charge is 0.369 e. The van der Waals surface area contributed by atoms with Gasteiger partial charge in [-0.3, -0.25) is 9.59 Å². The van der Waals surface area contributed by atoms with E-state index < -0.39 is 5.41 Å². The van der Waals surface area contributed by atoms with Crippen LogP contribution in [0.3, 0.4) is 0 Å². The van der Waals surface area contributed by atoms with E-state index >= 15 is 0 Å². The van der Waals surface area contributed by atoms with Crippen LogP contribution >= 0.6 is 11.3 Å². The molecule has 2 heterocycles. The van der Waals surface area contributed by atoms with Crippen molar-refractivity contribution in [3.05, 3.63) is 47.3 Å². The molecule has 1 aliphatic heterocycles. The summed E-state index contributed by atoms with van der Waals surface area (Å²) < 4.78 is 0. The SMILES string of the molecule is CC(C)CC(=O)N1CCC[C@](Cc2cccc(-c3cccs3)c2)(C(N)=O)C1. The van der Waals surface area contributed by atoms with E-state index in [1.165, 1.54) is 4.88 Å². The zero-order valence-corrected chi connectivity index (χ0v) is 16.9. The Bertz CT molecular complexity index is 800. The number of carbonyl (C=O) groups excluding carboxylic acids is 2. The van der Waals surface area contributed by atoms with Gasteiger partial charge in [-0.05, 0) is 47.8 Å². The zero-order valence-electron chi connectivity index (χ0n) is 16.1. The molecule has 1 fully saturated rings. The number of hydrogen-bond donors (Lipinski definition) is 1. The summed E-state index contributed by atoms with van der Waals surface area (Å²) in [6.07, 6.45) is 2.64. The Kier molecular flexibility index (Phi) is 6.00. The number of thiophene rings is 1. The molecule has 1 aromatic heterocycles. The molecular formula is C22H28N2O2S. The minimum Gasteiger partial charge on any atom is -0.369 e. The van der Waals surface area contributed by atoms with Gasteiger partial charge >= 0.3 is 0 Å². The average molecular weight is 385 g/mol. The maximum atomic E-state index is 12.6. The van der Waals surface area contributed by atoms with Gasteiger partial charge in [0.2, 0.25) is 11.8 Å². The van der Waals surface area contributed by atoms with E-state index in [1.807, 2.05) is 30.9 Å². The number of rotatable bonds is 6. The van der Waals surface area contributed by atoms with Crippen molar-refractivity contribution in [3.63, 3.8) is 0 Å². The molecule has 2 amide bonds. The number of carbonyl (C=O) groups is 2. The Labute approximate surface area is 165 Å². The van der Waals surface area contributed by atoms with E-state index in [1.54, 1.807) is 11.3 Å². The van der Waals surface area contributed by atoms with Crippen LogP contribution in [0.2, 0.25) is 0 Å². The lowest BCUT2D eigenvalue weighted by atomic mass is 9.74. The van der Waals surface area contributed by atoms with Crippen molar-refractivity contribution in [2.75, 3.05) is 13.1 Å². The maximum Gasteiger partial charge on any atom is 0.225 e. The molecule has 1 aliphatic rings. The monoisotopic (exact) mass is 384 g/mol. The summed E-state index contributed by atoms with van der Waals surface area (Å²) in [4.78, 5) is 28.1. The number of nitrogens with zero attached hydrogens (tertiary/aromatic N) is 1. The number of piperidine rings is 1. The Hall–Kier alpha value is -2.14. The fourth-order valence-electron chi connectivity index (χ4n) is 3.92. The number of likely N-dealkylation sites (tertiary alicyclic amines) is 1. The van der Waals surface area contributed by atoms with Crippen LogP contribution in [0.4, 0.5) is 0 Å². The third-order valence-corrected chi connectivity index (χ3v) is 6.23. The molecule has 144 valence electrons. The third kappa shape index (κ3) is 4.59. The second-order valence-corrected chi connectivity index (χ2v) is 8.96. The van der Waals surface area contributed by atoms with E-state index in [0.29, 0.717) is 25.3 Å². The Morgan fingerprint density at radius 3 is 2.74 bits per heavy atom. The molecule has 1 aromatic carbocycles. The highest BCUT2D eigenvalue weighted by atomic mass is 32.1. The van der Waals surface area contributed by atoms with Crippen LogP contribution in [0.15, 0.2) is 41.8 Å². The summed E-state index contributed by atoms with van der Waals surface area (Å²) in [5, 5.41) is 2.06. The third-order valence-electron chi connectivity index (χ3n) is 5.31. The van der Waals surface area contributed by atoms with Gasteiger partial charge in [-0.25, -0.2) is 0 Å². The van der Waals surface area contributed by atoms with Crippen molar-refractivity contribution in [2.45, 2.75) is 39.5 Å². The first-order valence-corrected chi connectivity index (χ1v) is 10.5. The first kappa shape index (κ1) is 19.6. The van der Waals surface area contributed by atoms with Gasteiger partial charge in [-0.15, -0.1) is 11.3 Å². The molecule has 4 nitrogen and oxygen atoms in total. The van der Waals surface area contributed by atoms with Crippen molar-refractivity contribution in [1.29, 1.82) is 0 Å². The lowest BCUT2D eigenvalue weighted by Gasteiger charge is -2.41. The maximum absolute atomic E-state index is 12.6. The van der Waals surface area contributed by atoms with Gasteiger partial charge in [0, 0.05) is 24.4 Å². The highest BCUT2D eigenvalue weighted by Gasteiger charge is 2.42. The molecule has 0 unspecified atom stereocenters. The van der Waals surface area contributed by atoms with Crippen LogP contribution in [0.1, 0.15) is 38.7 Å². The standard InChI is InChI=1S/C22H28N2O2S/c1-16(2)12-20(25)24-10-5-9-22(15-24,21(23)26)14-17-6-3-7-18(13-17)19-8-4-11-27-19/h3-4,6-8,11,13,16H,5,9-10,12,14-15H2,1-2H3,(H2,23,26)/t22-/m1/s1. The van der Waals surface area contributed by atoms with Gasteiger partial charge in [0.15, 0.2) is 0 Å². The molecule has 3 rings (SSSR count). The van der Waals surface area contributed by atoms with E-state index in [2.05, 4.69) is 29.6 Å². The van der Waals surface area contributed by atoms with Gasteiger partial charge in [0.1, 0.15) is 0 Å². The molecule has 2 N–H and O–H groups in total. The Balaban J connectivity index is 1.82. The fraction of sp³-hybridized carbons (Fsp3) is 0.455. The van der Waals surface area contributed by atoms with Crippen molar-refractivity contribution in [1.82, 2.24) is 4.90 Å². The van der Waals surface area contributed by atoms with E-state index in [4.69, 9.17) is 5.73 Å². The Morgan fingerprint density at radius 2 is 2.07 bits per heavy atom. The highest BCUT2D eigenvalue weighted by Crippen LogP contribution is 2.35. The van der Waals surface area contributed by atoms with Crippen LogP contribution in [0.25, 0.3) is 10.4 Å². The lowest BCUT2D eigenvalue weighted by Crippen LogP contribution is -2.53. The molecule has 5 heteroatoms. The molecule has 0 aliphatic carbocycles. The fourth-order valence-corrected chi connectivity index (χ4v) is 4.65. The molecule has 2 aromatic rings. The van der Waals surface area contributed by atoms with E-state index in [9.17, 15) is 9.59 Å². The van der Waals surface area contributed by atoms with Gasteiger partial charge < -0.3 is 10.6 Å². The first-order chi connectivity index (χ1) is 12.9. The number of hydrogen-bond acceptors (Lipinski definition) is 3. The summed E-state index contributed by atoms with van der Waals surface area (Å²) >= 11 is 1.70. The molecule has 1 atom stereocenters. The van der Waals surface area contributed by atoms with Gasteiger partial charge in [0.05, 0.1) is 5.41 Å². The van der Waals surface area contributed by atoms with Crippen molar-refractivity contribution in [2.24, 2.45) is 17.1 Å². The summed E-state index contributed by atoms with van der Waals surface area (Å²) in [7, 11) is 0. The summed E-state index contributed by atoms with van der Waals surface area (Å²) in [5.41, 5.74) is 7.44. The number of amides is 2. The quantitative estimate of drug-likeness (QED) is 0.815. The van der Waals surface area contributed by atoms with Crippen molar-refractivity contribution in [3.8, 4) is 10.4 Å². The number of primary amides is 1. The number of benzene rings is 1. The topological polar surface area (TPSA) is 63.4 Å². The van der Waals surface area contributed by atoms with Crippen molar-refractivity contribution < 1.29 is 9.59 Å². The van der Waals surface area contributed by atoms with Crippen LogP contribution in [-0.4, -0.2) is 29.8 Å². The molecule has 27 heavy (non-hydrogen) atoms. The molecule has 0 radical (unpaired) electrons. The first-order valence-electron chi connectivity index (χ1n) is 9.60. The van der Waals surface area contributed by atoms with Crippen LogP contribution in [-0.2, 0) is 16.0 Å². The van der Waals surface area contributed by atoms with Crippen LogP contribution in [0, 0.1) is 11.3 Å². The molecule has 1 saturated heterocycles. The normalized spacial score (nSPS) is 20.0. The van der Waals surface area contributed by atoms with Gasteiger partial charge in [-0.1, -0.05) is 44.2 Å².